The normalized spacial score (nSPS) is 32.5. The number of nitrogens with zero attached hydrogens (tertiary/aromatic N) is 1. The Bertz CT molecular complexity index is 690. The first kappa shape index (κ1) is 17.9. The van der Waals surface area contributed by atoms with Crippen LogP contribution in [0.5, 0.6) is 0 Å². The molecule has 2 aliphatic carbocycles. The Labute approximate surface area is 146 Å². The molecule has 134 valence electrons. The second-order valence-electron chi connectivity index (χ2n) is 8.06. The molecule has 5 heteroatoms. The summed E-state index contributed by atoms with van der Waals surface area (Å²) in [5.41, 5.74) is 3.68. The second kappa shape index (κ2) is 6.43. The van der Waals surface area contributed by atoms with Gasteiger partial charge in [0.15, 0.2) is 0 Å². The molecule has 1 aliphatic heterocycles. The van der Waals surface area contributed by atoms with Crippen molar-refractivity contribution in [2.45, 2.75) is 51.0 Å². The number of likely N-dealkylation sites (tertiary alicyclic amines) is 1. The molecule has 1 heterocycles. The van der Waals surface area contributed by atoms with Gasteiger partial charge in [-0.05, 0) is 60.6 Å². The summed E-state index contributed by atoms with van der Waals surface area (Å²) in [6, 6.07) is 9.99. The van der Waals surface area contributed by atoms with Crippen molar-refractivity contribution >= 4 is 10.1 Å². The fourth-order valence-electron chi connectivity index (χ4n) is 4.54. The van der Waals surface area contributed by atoms with Crippen molar-refractivity contribution in [3.05, 3.63) is 35.4 Å². The van der Waals surface area contributed by atoms with E-state index >= 15 is 0 Å². The van der Waals surface area contributed by atoms with Crippen molar-refractivity contribution < 1.29 is 13.0 Å². The van der Waals surface area contributed by atoms with Crippen LogP contribution in [-0.4, -0.2) is 43.3 Å². The zero-order valence-corrected chi connectivity index (χ0v) is 15.7. The first-order valence-electron chi connectivity index (χ1n) is 8.93. The van der Waals surface area contributed by atoms with Gasteiger partial charge in [-0.2, -0.15) is 8.42 Å². The Morgan fingerprint density at radius 3 is 2.54 bits per heavy atom. The summed E-state index contributed by atoms with van der Waals surface area (Å²) in [6.07, 6.45) is 6.29. The summed E-state index contributed by atoms with van der Waals surface area (Å²) in [7, 11) is -3.67. The fourth-order valence-corrected chi connectivity index (χ4v) is 4.54. The van der Waals surface area contributed by atoms with Crippen molar-refractivity contribution in [1.82, 2.24) is 4.90 Å². The third kappa shape index (κ3) is 3.84. The van der Waals surface area contributed by atoms with Crippen molar-refractivity contribution in [3.63, 3.8) is 0 Å². The SMILES string of the molecule is CC1C2Cc3ccccc3C1(C)CCN2CC1CC1.CS(=O)(=O)O. The molecule has 0 radical (unpaired) electrons. The summed E-state index contributed by atoms with van der Waals surface area (Å²) < 4.78 is 25.9. The van der Waals surface area contributed by atoms with Gasteiger partial charge in [-0.15, -0.1) is 0 Å². The Balaban J connectivity index is 0.000000300. The van der Waals surface area contributed by atoms with E-state index in [-0.39, 0.29) is 0 Å². The fraction of sp³-hybridized carbons (Fsp3) is 0.684. The highest BCUT2D eigenvalue weighted by atomic mass is 32.2. The van der Waals surface area contributed by atoms with Crippen molar-refractivity contribution in [2.75, 3.05) is 19.3 Å². The molecule has 3 aliphatic rings. The lowest BCUT2D eigenvalue weighted by molar-refractivity contribution is 0.0284. The van der Waals surface area contributed by atoms with E-state index in [1.165, 1.54) is 38.8 Å². The lowest BCUT2D eigenvalue weighted by Crippen LogP contribution is -2.58. The van der Waals surface area contributed by atoms with E-state index in [1.54, 1.807) is 11.1 Å². The Kier molecular flexibility index (Phi) is 4.80. The van der Waals surface area contributed by atoms with Crippen LogP contribution < -0.4 is 0 Å². The van der Waals surface area contributed by atoms with E-state index in [1.807, 2.05) is 0 Å². The van der Waals surface area contributed by atoms with Crippen LogP contribution in [0, 0.1) is 11.8 Å². The Morgan fingerprint density at radius 2 is 1.92 bits per heavy atom. The summed E-state index contributed by atoms with van der Waals surface area (Å²) in [5.74, 6) is 1.82. The lowest BCUT2D eigenvalue weighted by atomic mass is 9.59. The van der Waals surface area contributed by atoms with Gasteiger partial charge >= 0.3 is 0 Å². The molecule has 0 amide bonds. The highest BCUT2D eigenvalue weighted by molar-refractivity contribution is 7.85. The van der Waals surface area contributed by atoms with E-state index in [0.717, 1.165) is 17.9 Å². The average Bonchev–Trinajstić information content (AvgIpc) is 3.28. The number of piperidine rings is 1. The molecule has 1 aromatic rings. The van der Waals surface area contributed by atoms with Crippen LogP contribution in [0.3, 0.4) is 0 Å². The van der Waals surface area contributed by atoms with E-state index in [4.69, 9.17) is 4.55 Å². The molecular weight excluding hydrogens is 322 g/mol. The van der Waals surface area contributed by atoms with Gasteiger partial charge in [0.1, 0.15) is 0 Å². The molecule has 1 N–H and O–H groups in total. The minimum atomic E-state index is -3.67. The molecule has 1 aromatic carbocycles. The summed E-state index contributed by atoms with van der Waals surface area (Å²) >= 11 is 0. The van der Waals surface area contributed by atoms with E-state index in [2.05, 4.69) is 43.0 Å². The standard InChI is InChI=1S/C18H25N.CH4O3S/c1-13-17-11-15-5-3-4-6-16(15)18(13,2)9-10-19(17)12-14-7-8-14;1-5(2,3)4/h3-6,13-14,17H,7-12H2,1-2H3;1H3,(H,2,3,4). The molecule has 4 nitrogen and oxygen atoms in total. The lowest BCUT2D eigenvalue weighted by Gasteiger charge is -2.54. The first-order chi connectivity index (χ1) is 11.2. The first-order valence-corrected chi connectivity index (χ1v) is 10.8. The minimum absolute atomic E-state index is 0.416. The Morgan fingerprint density at radius 1 is 1.29 bits per heavy atom. The molecule has 3 atom stereocenters. The van der Waals surface area contributed by atoms with Crippen LogP contribution in [0.25, 0.3) is 0 Å². The van der Waals surface area contributed by atoms with Crippen molar-refractivity contribution in [2.24, 2.45) is 11.8 Å². The van der Waals surface area contributed by atoms with Crippen molar-refractivity contribution in [3.8, 4) is 0 Å². The van der Waals surface area contributed by atoms with Crippen LogP contribution in [-0.2, 0) is 22.0 Å². The maximum atomic E-state index is 9.19. The number of hydrogen-bond acceptors (Lipinski definition) is 3. The van der Waals surface area contributed by atoms with E-state index < -0.39 is 10.1 Å². The predicted octanol–water partition coefficient (Wildman–Crippen LogP) is 3.12. The van der Waals surface area contributed by atoms with Gasteiger partial charge in [-0.1, -0.05) is 38.1 Å². The van der Waals surface area contributed by atoms with Gasteiger partial charge in [0.2, 0.25) is 0 Å². The zero-order chi connectivity index (χ0) is 17.5. The summed E-state index contributed by atoms with van der Waals surface area (Å²) in [6.45, 7) is 7.69. The Hall–Kier alpha value is -0.910. The number of rotatable bonds is 2. The van der Waals surface area contributed by atoms with Crippen LogP contribution in [0.4, 0.5) is 0 Å². The van der Waals surface area contributed by atoms with Crippen LogP contribution in [0.1, 0.15) is 44.2 Å². The van der Waals surface area contributed by atoms with Crippen LogP contribution >= 0.6 is 0 Å². The minimum Gasteiger partial charge on any atom is -0.299 e. The van der Waals surface area contributed by atoms with Gasteiger partial charge in [-0.25, -0.2) is 0 Å². The third-order valence-corrected chi connectivity index (χ3v) is 6.22. The third-order valence-electron chi connectivity index (χ3n) is 6.22. The number of fused-ring (bicyclic) bond motifs is 4. The number of hydrogen-bond donors (Lipinski definition) is 1. The van der Waals surface area contributed by atoms with Gasteiger partial charge in [0, 0.05) is 12.6 Å². The monoisotopic (exact) mass is 351 g/mol. The summed E-state index contributed by atoms with van der Waals surface area (Å²) in [4.78, 5) is 2.82. The van der Waals surface area contributed by atoms with Gasteiger partial charge < -0.3 is 0 Å². The molecule has 1 saturated heterocycles. The maximum absolute atomic E-state index is 9.19. The molecule has 1 saturated carbocycles. The maximum Gasteiger partial charge on any atom is 0.261 e. The molecule has 2 fully saturated rings. The number of benzene rings is 1. The van der Waals surface area contributed by atoms with Crippen LogP contribution in [0.15, 0.2) is 24.3 Å². The van der Waals surface area contributed by atoms with Gasteiger partial charge in [0.25, 0.3) is 10.1 Å². The van der Waals surface area contributed by atoms with E-state index in [9.17, 15) is 8.42 Å². The van der Waals surface area contributed by atoms with Gasteiger partial charge in [-0.3, -0.25) is 9.45 Å². The summed E-state index contributed by atoms with van der Waals surface area (Å²) in [5, 5.41) is 0. The predicted molar refractivity (Wildman–Crippen MR) is 96.8 cm³/mol. The molecule has 4 rings (SSSR count). The largest absolute Gasteiger partial charge is 0.299 e. The molecule has 24 heavy (non-hydrogen) atoms. The van der Waals surface area contributed by atoms with Crippen LogP contribution in [0.2, 0.25) is 0 Å². The highest BCUT2D eigenvalue weighted by Gasteiger charge is 2.48. The van der Waals surface area contributed by atoms with E-state index in [0.29, 0.717) is 11.7 Å². The zero-order valence-electron chi connectivity index (χ0n) is 14.9. The highest BCUT2D eigenvalue weighted by Crippen LogP contribution is 2.49. The average molecular weight is 352 g/mol. The molecule has 3 unspecified atom stereocenters. The van der Waals surface area contributed by atoms with Gasteiger partial charge in [0.05, 0.1) is 6.26 Å². The topological polar surface area (TPSA) is 57.6 Å². The quantitative estimate of drug-likeness (QED) is 0.832. The molecular formula is C19H29NO3S. The van der Waals surface area contributed by atoms with Crippen molar-refractivity contribution in [1.29, 1.82) is 0 Å². The smallest absolute Gasteiger partial charge is 0.261 e. The second-order valence-corrected chi connectivity index (χ2v) is 9.52. The molecule has 2 bridgehead atoms. The molecule has 0 spiro atoms. The molecule has 0 aromatic heterocycles.